The molecule has 0 heterocycles. The van der Waals surface area contributed by atoms with Crippen molar-refractivity contribution in [3.63, 3.8) is 0 Å². The van der Waals surface area contributed by atoms with Gasteiger partial charge in [-0.1, -0.05) is 46.9 Å². The molecule has 11 heteroatoms. The Morgan fingerprint density at radius 1 is 0.971 bits per heavy atom. The van der Waals surface area contributed by atoms with Crippen LogP contribution in [0.3, 0.4) is 0 Å². The van der Waals surface area contributed by atoms with E-state index in [0.29, 0.717) is 43.2 Å². The van der Waals surface area contributed by atoms with Gasteiger partial charge in [-0.15, -0.1) is 0 Å². The number of hydrazone groups is 1. The van der Waals surface area contributed by atoms with Crippen LogP contribution in [0.5, 0.6) is 11.5 Å². The fourth-order valence-electron chi connectivity index (χ4n) is 2.72. The molecule has 0 bridgehead atoms. The van der Waals surface area contributed by atoms with Gasteiger partial charge in [0, 0.05) is 20.8 Å². The number of amides is 2. The van der Waals surface area contributed by atoms with Gasteiger partial charge in [0.2, 0.25) is 0 Å². The molecule has 0 spiro atoms. The van der Waals surface area contributed by atoms with Crippen molar-refractivity contribution in [1.29, 1.82) is 0 Å². The normalized spacial score (nSPS) is 10.7. The lowest BCUT2D eigenvalue weighted by atomic mass is 10.2. The molecule has 2 amide bonds. The minimum absolute atomic E-state index is 0.282. The maximum Gasteiger partial charge on any atom is 0.329 e. The highest BCUT2D eigenvalue weighted by Crippen LogP contribution is 2.37. The molecular weight excluding hydrogens is 569 g/mol. The number of hydrogen-bond acceptors (Lipinski definition) is 5. The van der Waals surface area contributed by atoms with Crippen LogP contribution in [0.15, 0.2) is 64.2 Å². The second-order valence-corrected chi connectivity index (χ2v) is 8.92. The molecule has 0 aliphatic carbocycles. The molecule has 0 saturated heterocycles. The van der Waals surface area contributed by atoms with E-state index in [2.05, 4.69) is 31.8 Å². The van der Waals surface area contributed by atoms with E-state index in [-0.39, 0.29) is 5.69 Å². The summed E-state index contributed by atoms with van der Waals surface area (Å²) in [7, 11) is 1.51. The number of nitrogens with zero attached hydrogens (tertiary/aromatic N) is 1. The number of nitrogens with one attached hydrogen (secondary N) is 2. The van der Waals surface area contributed by atoms with Crippen LogP contribution in [-0.2, 0) is 16.2 Å². The Kier molecular flexibility index (Phi) is 9.18. The molecule has 0 fully saturated rings. The van der Waals surface area contributed by atoms with Gasteiger partial charge in [0.25, 0.3) is 0 Å². The van der Waals surface area contributed by atoms with Crippen LogP contribution in [0, 0.1) is 0 Å². The number of methoxy groups -OCH3 is 1. The van der Waals surface area contributed by atoms with Crippen molar-refractivity contribution in [3.05, 3.63) is 85.3 Å². The number of rotatable bonds is 7. The van der Waals surface area contributed by atoms with E-state index in [1.54, 1.807) is 24.3 Å². The molecule has 0 aromatic heterocycles. The van der Waals surface area contributed by atoms with Crippen molar-refractivity contribution in [1.82, 2.24) is 5.43 Å². The van der Waals surface area contributed by atoms with Gasteiger partial charge in [0.1, 0.15) is 6.61 Å². The molecule has 2 N–H and O–H groups in total. The van der Waals surface area contributed by atoms with Gasteiger partial charge in [-0.05, 0) is 69.5 Å². The van der Waals surface area contributed by atoms with Crippen molar-refractivity contribution in [2.24, 2.45) is 5.10 Å². The number of hydrogen-bond donors (Lipinski definition) is 2. The average molecular weight is 586 g/mol. The zero-order valence-electron chi connectivity index (χ0n) is 17.6. The van der Waals surface area contributed by atoms with Gasteiger partial charge < -0.3 is 14.8 Å². The summed E-state index contributed by atoms with van der Waals surface area (Å²) in [5.41, 5.74) is 3.96. The van der Waals surface area contributed by atoms with Gasteiger partial charge in [-0.25, -0.2) is 5.43 Å². The summed E-state index contributed by atoms with van der Waals surface area (Å²) in [5.74, 6) is -0.952. The number of ether oxygens (including phenoxy) is 2. The second kappa shape index (κ2) is 12.1. The Balaban J connectivity index is 1.62. The predicted octanol–water partition coefficient (Wildman–Crippen LogP) is 6.09. The predicted molar refractivity (Wildman–Crippen MR) is 137 cm³/mol. The number of benzene rings is 3. The highest BCUT2D eigenvalue weighted by Gasteiger charge is 2.14. The van der Waals surface area contributed by atoms with Crippen molar-refractivity contribution in [2.45, 2.75) is 6.61 Å². The van der Waals surface area contributed by atoms with Crippen LogP contribution in [0.4, 0.5) is 5.69 Å². The van der Waals surface area contributed by atoms with Crippen LogP contribution >= 0.6 is 50.7 Å². The van der Waals surface area contributed by atoms with Gasteiger partial charge in [0.05, 0.1) is 17.8 Å². The molecule has 0 unspecified atom stereocenters. The lowest BCUT2D eigenvalue weighted by molar-refractivity contribution is -0.136. The number of carbonyl (C=O) groups is 2. The second-order valence-electron chi connectivity index (χ2n) is 6.76. The van der Waals surface area contributed by atoms with Crippen molar-refractivity contribution in [2.75, 3.05) is 12.4 Å². The van der Waals surface area contributed by atoms with Crippen LogP contribution < -0.4 is 20.2 Å². The molecule has 34 heavy (non-hydrogen) atoms. The Morgan fingerprint density at radius 3 is 2.29 bits per heavy atom. The number of carbonyl (C=O) groups excluding carboxylic acids is 2. The Morgan fingerprint density at radius 2 is 1.65 bits per heavy atom. The van der Waals surface area contributed by atoms with Gasteiger partial charge in [-0.3, -0.25) is 9.59 Å². The molecule has 3 aromatic carbocycles. The first kappa shape index (κ1) is 25.8. The highest BCUT2D eigenvalue weighted by molar-refractivity contribution is 9.10. The molecule has 0 aliphatic rings. The molecule has 0 radical (unpaired) electrons. The fraction of sp³-hybridized carbons (Fsp3) is 0.0870. The SMILES string of the molecule is COc1cc(/C=N/NC(=O)C(=O)Nc2cc(Cl)cc(Cl)c2)cc(Br)c1OCc1ccc(Cl)cc1. The van der Waals surface area contributed by atoms with Crippen molar-refractivity contribution < 1.29 is 19.1 Å². The summed E-state index contributed by atoms with van der Waals surface area (Å²) < 4.78 is 11.9. The monoisotopic (exact) mass is 583 g/mol. The van der Waals surface area contributed by atoms with Crippen LogP contribution in [0.2, 0.25) is 15.1 Å². The Hall–Kier alpha value is -2.78. The molecule has 0 atom stereocenters. The third-order valence-electron chi connectivity index (χ3n) is 4.25. The quantitative estimate of drug-likeness (QED) is 0.200. The van der Waals surface area contributed by atoms with E-state index in [0.717, 1.165) is 5.56 Å². The van der Waals surface area contributed by atoms with E-state index < -0.39 is 11.8 Å². The van der Waals surface area contributed by atoms with Gasteiger partial charge >= 0.3 is 11.8 Å². The largest absolute Gasteiger partial charge is 0.493 e. The smallest absolute Gasteiger partial charge is 0.329 e. The molecule has 176 valence electrons. The van der Waals surface area contributed by atoms with Gasteiger partial charge in [0.15, 0.2) is 11.5 Å². The summed E-state index contributed by atoms with van der Waals surface area (Å²) in [4.78, 5) is 24.1. The average Bonchev–Trinajstić information content (AvgIpc) is 2.78. The minimum Gasteiger partial charge on any atom is -0.493 e. The lowest BCUT2D eigenvalue weighted by Gasteiger charge is -2.13. The lowest BCUT2D eigenvalue weighted by Crippen LogP contribution is -2.32. The Labute approximate surface area is 219 Å². The number of halogens is 4. The van der Waals surface area contributed by atoms with Crippen molar-refractivity contribution >= 4 is 74.4 Å². The highest BCUT2D eigenvalue weighted by atomic mass is 79.9. The minimum atomic E-state index is -0.971. The summed E-state index contributed by atoms with van der Waals surface area (Å²) >= 11 is 21.1. The molecule has 0 aliphatic heterocycles. The van der Waals surface area contributed by atoms with Crippen molar-refractivity contribution in [3.8, 4) is 11.5 Å². The number of anilines is 1. The van der Waals surface area contributed by atoms with E-state index in [4.69, 9.17) is 44.3 Å². The molecule has 3 rings (SSSR count). The first-order valence-electron chi connectivity index (χ1n) is 9.60. The van der Waals surface area contributed by atoms with E-state index >= 15 is 0 Å². The topological polar surface area (TPSA) is 89.0 Å². The summed E-state index contributed by atoms with van der Waals surface area (Å²) in [6.07, 6.45) is 1.36. The zero-order chi connectivity index (χ0) is 24.7. The first-order chi connectivity index (χ1) is 16.2. The van der Waals surface area contributed by atoms with Crippen LogP contribution in [0.1, 0.15) is 11.1 Å². The Bertz CT molecular complexity index is 1220. The van der Waals surface area contributed by atoms with E-state index in [1.165, 1.54) is 31.5 Å². The standard InChI is InChI=1S/C23H17BrCl3N3O4/c1-33-20-7-14(6-19(24)21(20)34-12-13-2-4-15(25)5-3-13)11-28-30-23(32)22(31)29-18-9-16(26)8-17(27)10-18/h2-11H,12H2,1H3,(H,29,31)(H,30,32)/b28-11+. The first-order valence-corrected chi connectivity index (χ1v) is 11.5. The summed E-state index contributed by atoms with van der Waals surface area (Å²) in [5, 5.41) is 7.50. The zero-order valence-corrected chi connectivity index (χ0v) is 21.4. The maximum atomic E-state index is 12.0. The van der Waals surface area contributed by atoms with Crippen LogP contribution in [-0.4, -0.2) is 25.1 Å². The van der Waals surface area contributed by atoms with E-state index in [1.807, 2.05) is 12.1 Å². The maximum absolute atomic E-state index is 12.0. The molecular formula is C23H17BrCl3N3O4. The van der Waals surface area contributed by atoms with Crippen LogP contribution in [0.25, 0.3) is 0 Å². The van der Waals surface area contributed by atoms with E-state index in [9.17, 15) is 9.59 Å². The summed E-state index contributed by atoms with van der Waals surface area (Å²) in [6.45, 7) is 0.308. The molecule has 7 nitrogen and oxygen atoms in total. The third-order valence-corrected chi connectivity index (χ3v) is 5.53. The molecule has 0 saturated carbocycles. The molecule has 3 aromatic rings. The van der Waals surface area contributed by atoms with Gasteiger partial charge in [-0.2, -0.15) is 5.10 Å². The fourth-order valence-corrected chi connectivity index (χ4v) is 3.95. The third kappa shape index (κ3) is 7.36. The summed E-state index contributed by atoms with van der Waals surface area (Å²) in [6, 6.07) is 15.1.